The fourth-order valence-electron chi connectivity index (χ4n) is 1.20. The van der Waals surface area contributed by atoms with Crippen molar-refractivity contribution >= 4 is 88.9 Å². The van der Waals surface area contributed by atoms with Crippen LogP contribution >= 0.6 is 66.5 Å². The second kappa shape index (κ2) is 6.10. The van der Waals surface area contributed by atoms with Gasteiger partial charge in [-0.05, 0) is 21.5 Å². The third-order valence-corrected chi connectivity index (χ3v) is 8.32. The first-order valence-corrected chi connectivity index (χ1v) is 14.7. The fourth-order valence-corrected chi connectivity index (χ4v) is 4.15. The molecule has 8 heteroatoms. The lowest BCUT2D eigenvalue weighted by Crippen LogP contribution is -2.13. The van der Waals surface area contributed by atoms with E-state index < -0.39 is 12.0 Å². The number of benzene rings is 1. The number of hydrogen-bond acceptors (Lipinski definition) is 0. The van der Waals surface area contributed by atoms with Crippen molar-refractivity contribution in [2.45, 2.75) is 0 Å². The Morgan fingerprint density at radius 3 is 1.06 bits per heavy atom. The topological polar surface area (TPSA) is 0 Å². The Hall–Kier alpha value is 0.874. The molecule has 0 amide bonds. The maximum atomic E-state index is 5.89. The van der Waals surface area contributed by atoms with E-state index in [9.17, 15) is 0 Å². The zero-order valence-electron chi connectivity index (χ0n) is 8.99. The van der Waals surface area contributed by atoms with Crippen molar-refractivity contribution in [3.8, 4) is 0 Å². The van der Waals surface area contributed by atoms with Gasteiger partial charge in [-0.25, -0.2) is 0 Å². The molecule has 0 N–H and O–H groups in total. The van der Waals surface area contributed by atoms with E-state index in [4.69, 9.17) is 66.5 Å². The SMILES string of the molecule is C=C(c1ccc(C(=C)[Si](Cl)(Cl)Cl)cc1)[Si](Cl)(Cl)Cl. The number of rotatable bonds is 4. The monoisotopic (exact) mass is 394 g/mol. The van der Waals surface area contributed by atoms with E-state index in [1.807, 2.05) is 0 Å². The smallest absolute Gasteiger partial charge is 0.121 e. The predicted molar refractivity (Wildman–Crippen MR) is 91.1 cm³/mol. The fraction of sp³-hybridized carbons (Fsp3) is 0. The highest BCUT2D eigenvalue weighted by Crippen LogP contribution is 2.37. The number of halogens is 6. The molecule has 1 aromatic carbocycles. The van der Waals surface area contributed by atoms with Crippen molar-refractivity contribution in [3.05, 3.63) is 48.6 Å². The minimum absolute atomic E-state index is 0.524. The van der Waals surface area contributed by atoms with E-state index in [-0.39, 0.29) is 0 Å². The van der Waals surface area contributed by atoms with Crippen LogP contribution in [-0.4, -0.2) is 12.0 Å². The highest BCUT2D eigenvalue weighted by molar-refractivity contribution is 7.71. The maximum absolute atomic E-state index is 5.89. The van der Waals surface area contributed by atoms with Crippen molar-refractivity contribution in [1.82, 2.24) is 0 Å². The largest absolute Gasteiger partial charge is 0.372 e. The van der Waals surface area contributed by atoms with Crippen LogP contribution in [0.1, 0.15) is 11.1 Å². The van der Waals surface area contributed by atoms with Crippen LogP contribution < -0.4 is 0 Å². The average molecular weight is 397 g/mol. The minimum Gasteiger partial charge on any atom is -0.121 e. The summed E-state index contributed by atoms with van der Waals surface area (Å²) in [6, 6.07) is 1.22. The molecule has 98 valence electrons. The lowest BCUT2D eigenvalue weighted by atomic mass is 10.1. The van der Waals surface area contributed by atoms with Crippen molar-refractivity contribution < 1.29 is 0 Å². The van der Waals surface area contributed by atoms with Gasteiger partial charge in [0.15, 0.2) is 0 Å². The van der Waals surface area contributed by atoms with Crippen molar-refractivity contribution in [2.24, 2.45) is 0 Å². The molecule has 0 saturated carbocycles. The van der Waals surface area contributed by atoms with Crippen molar-refractivity contribution in [2.75, 3.05) is 0 Å². The molecule has 0 spiro atoms. The van der Waals surface area contributed by atoms with Gasteiger partial charge in [0, 0.05) is 0 Å². The molecule has 1 rings (SSSR count). The van der Waals surface area contributed by atoms with Crippen LogP contribution in [0.5, 0.6) is 0 Å². The molecule has 0 nitrogen and oxygen atoms in total. The second-order valence-corrected chi connectivity index (χ2v) is 20.4. The van der Waals surface area contributed by atoms with E-state index in [0.717, 1.165) is 11.1 Å². The number of hydrogen-bond donors (Lipinski definition) is 0. The molecule has 0 heterocycles. The van der Waals surface area contributed by atoms with Crippen LogP contribution in [0.2, 0.25) is 0 Å². The molecule has 0 unspecified atom stereocenters. The summed E-state index contributed by atoms with van der Waals surface area (Å²) in [6.07, 6.45) is 0. The first-order valence-electron chi connectivity index (χ1n) is 4.66. The molecule has 0 radical (unpaired) electrons. The molecule has 0 aliphatic rings. The van der Waals surface area contributed by atoms with Gasteiger partial charge in [0.2, 0.25) is 0 Å². The first kappa shape index (κ1) is 16.9. The van der Waals surface area contributed by atoms with Gasteiger partial charge < -0.3 is 0 Å². The average Bonchev–Trinajstić information content (AvgIpc) is 2.25. The molecule has 0 saturated heterocycles. The second-order valence-electron chi connectivity index (χ2n) is 3.53. The summed E-state index contributed by atoms with van der Waals surface area (Å²) in [5.74, 6) is 0. The lowest BCUT2D eigenvalue weighted by Gasteiger charge is -2.15. The standard InChI is InChI=1S/C10H8Cl6Si2/c1-7(17(11,12)13)9-3-5-10(6-4-9)8(2)18(14,15)16/h3-6H,1-2H2. The third-order valence-electron chi connectivity index (χ3n) is 2.27. The van der Waals surface area contributed by atoms with E-state index in [1.54, 1.807) is 24.3 Å². The Labute approximate surface area is 136 Å². The third kappa shape index (κ3) is 4.46. The molecular formula is C10H8Cl6Si2. The molecule has 0 atom stereocenters. The highest BCUT2D eigenvalue weighted by atomic mass is 35.8. The Bertz CT molecular complexity index is 424. The van der Waals surface area contributed by atoms with Crippen LogP contribution in [0.3, 0.4) is 0 Å². The summed E-state index contributed by atoms with van der Waals surface area (Å²) in [5, 5.41) is 1.05. The molecular weight excluding hydrogens is 389 g/mol. The molecule has 0 aromatic heterocycles. The van der Waals surface area contributed by atoms with Crippen LogP contribution in [0.4, 0.5) is 0 Å². The maximum Gasteiger partial charge on any atom is 0.372 e. The summed E-state index contributed by atoms with van der Waals surface area (Å²) in [5.41, 5.74) is 1.54. The van der Waals surface area contributed by atoms with Crippen LogP contribution in [0, 0.1) is 0 Å². The molecule has 18 heavy (non-hydrogen) atoms. The zero-order chi connectivity index (χ0) is 14.1. The predicted octanol–water partition coefficient (Wildman–Crippen LogP) is 6.10. The normalized spacial score (nSPS) is 12.3. The summed E-state index contributed by atoms with van der Waals surface area (Å²) in [4.78, 5) is 0. The Kier molecular flexibility index (Phi) is 5.74. The van der Waals surface area contributed by atoms with Gasteiger partial charge in [-0.1, -0.05) is 37.4 Å². The van der Waals surface area contributed by atoms with Crippen molar-refractivity contribution in [3.63, 3.8) is 0 Å². The van der Waals surface area contributed by atoms with Gasteiger partial charge in [0.25, 0.3) is 0 Å². The molecule has 0 aliphatic heterocycles. The summed E-state index contributed by atoms with van der Waals surface area (Å²) >= 11 is 35.3. The van der Waals surface area contributed by atoms with E-state index in [2.05, 4.69) is 13.2 Å². The Morgan fingerprint density at radius 2 is 0.889 bits per heavy atom. The van der Waals surface area contributed by atoms with E-state index in [0.29, 0.717) is 10.4 Å². The zero-order valence-corrected chi connectivity index (χ0v) is 15.5. The molecule has 0 bridgehead atoms. The van der Waals surface area contributed by atoms with E-state index in [1.165, 1.54) is 0 Å². The Balaban J connectivity index is 3.01. The van der Waals surface area contributed by atoms with Gasteiger partial charge in [-0.2, -0.15) is 0 Å². The van der Waals surface area contributed by atoms with E-state index >= 15 is 0 Å². The van der Waals surface area contributed by atoms with Gasteiger partial charge in [0.1, 0.15) is 0 Å². The minimum atomic E-state index is -2.95. The Morgan fingerprint density at radius 1 is 0.667 bits per heavy atom. The van der Waals surface area contributed by atoms with Crippen LogP contribution in [0.15, 0.2) is 37.4 Å². The summed E-state index contributed by atoms with van der Waals surface area (Å²) < 4.78 is 0. The molecule has 0 aliphatic carbocycles. The van der Waals surface area contributed by atoms with Crippen molar-refractivity contribution in [1.29, 1.82) is 0 Å². The van der Waals surface area contributed by atoms with Gasteiger partial charge in [-0.3, -0.25) is 0 Å². The molecule has 0 fully saturated rings. The quantitative estimate of drug-likeness (QED) is 0.426. The summed E-state index contributed by atoms with van der Waals surface area (Å²) in [7, 11) is 0. The van der Waals surface area contributed by atoms with Gasteiger partial charge >= 0.3 is 12.0 Å². The van der Waals surface area contributed by atoms with Gasteiger partial charge in [-0.15, -0.1) is 66.5 Å². The van der Waals surface area contributed by atoms with Gasteiger partial charge in [0.05, 0.1) is 0 Å². The highest BCUT2D eigenvalue weighted by Gasteiger charge is 2.32. The molecule has 1 aromatic rings. The first-order chi connectivity index (χ1) is 8.03. The van der Waals surface area contributed by atoms with Crippen LogP contribution in [0.25, 0.3) is 10.4 Å². The lowest BCUT2D eigenvalue weighted by molar-refractivity contribution is 1.61. The summed E-state index contributed by atoms with van der Waals surface area (Å²) in [6.45, 7) is 7.59. The van der Waals surface area contributed by atoms with Crippen LogP contribution in [-0.2, 0) is 0 Å².